The summed E-state index contributed by atoms with van der Waals surface area (Å²) in [6, 6.07) is 8.12. The van der Waals surface area contributed by atoms with Gasteiger partial charge in [-0.3, -0.25) is 9.20 Å². The van der Waals surface area contributed by atoms with Gasteiger partial charge in [-0.25, -0.2) is 4.79 Å². The van der Waals surface area contributed by atoms with Gasteiger partial charge in [0.05, 0.1) is 19.8 Å². The summed E-state index contributed by atoms with van der Waals surface area (Å²) in [5.41, 5.74) is 1.35. The second-order valence-corrected chi connectivity index (χ2v) is 5.24. The first-order valence-corrected chi connectivity index (χ1v) is 7.58. The van der Waals surface area contributed by atoms with E-state index < -0.39 is 18.5 Å². The molecular formula is C17H16N4O5. The van der Waals surface area contributed by atoms with Crippen molar-refractivity contribution in [3.63, 3.8) is 0 Å². The third kappa shape index (κ3) is 3.89. The van der Waals surface area contributed by atoms with Crippen molar-refractivity contribution in [2.24, 2.45) is 0 Å². The molecule has 0 bridgehead atoms. The second kappa shape index (κ2) is 7.51. The molecule has 1 aromatic carbocycles. The summed E-state index contributed by atoms with van der Waals surface area (Å²) in [4.78, 5) is 24.1. The molecule has 2 heterocycles. The van der Waals surface area contributed by atoms with E-state index in [0.717, 1.165) is 0 Å². The van der Waals surface area contributed by atoms with Crippen LogP contribution >= 0.6 is 0 Å². The average Bonchev–Trinajstić information content (AvgIpc) is 3.13. The lowest BCUT2D eigenvalue weighted by Crippen LogP contribution is -2.21. The van der Waals surface area contributed by atoms with Crippen LogP contribution < -0.4 is 14.8 Å². The third-order valence-electron chi connectivity index (χ3n) is 3.50. The van der Waals surface area contributed by atoms with Crippen molar-refractivity contribution in [1.82, 2.24) is 14.6 Å². The maximum atomic E-state index is 12.1. The monoisotopic (exact) mass is 356 g/mol. The van der Waals surface area contributed by atoms with Gasteiger partial charge in [0.25, 0.3) is 5.91 Å². The summed E-state index contributed by atoms with van der Waals surface area (Å²) in [6.07, 6.45) is 3.00. The molecular weight excluding hydrogens is 340 g/mol. The van der Waals surface area contributed by atoms with Crippen LogP contribution in [0.3, 0.4) is 0 Å². The van der Waals surface area contributed by atoms with Crippen molar-refractivity contribution in [1.29, 1.82) is 0 Å². The van der Waals surface area contributed by atoms with Gasteiger partial charge in [-0.05, 0) is 12.1 Å². The quantitative estimate of drug-likeness (QED) is 0.668. The standard InChI is InChI=1S/C17H16N4O5/c1-24-13-5-12(6-14(7-13)25-2)19-16(22)9-26-17(23)11-3-4-15-20-18-10-21(15)8-11/h3-8,10H,9H2,1-2H3,(H,19,22). The average molecular weight is 356 g/mol. The number of rotatable bonds is 6. The Hall–Kier alpha value is -3.62. The number of carbonyl (C=O) groups is 2. The van der Waals surface area contributed by atoms with Crippen molar-refractivity contribution in [2.75, 3.05) is 26.1 Å². The molecule has 1 amide bonds. The number of hydrogen-bond acceptors (Lipinski definition) is 7. The normalized spacial score (nSPS) is 10.4. The van der Waals surface area contributed by atoms with Crippen molar-refractivity contribution < 1.29 is 23.8 Å². The van der Waals surface area contributed by atoms with Crippen molar-refractivity contribution in [3.8, 4) is 11.5 Å². The van der Waals surface area contributed by atoms with Gasteiger partial charge in [0.2, 0.25) is 0 Å². The highest BCUT2D eigenvalue weighted by Gasteiger charge is 2.12. The number of hydrogen-bond donors (Lipinski definition) is 1. The van der Waals surface area contributed by atoms with E-state index in [-0.39, 0.29) is 5.56 Å². The molecule has 9 heteroatoms. The molecule has 3 aromatic rings. The number of carbonyl (C=O) groups excluding carboxylic acids is 2. The Bertz CT molecular complexity index is 931. The summed E-state index contributed by atoms with van der Waals surface area (Å²) in [6.45, 7) is -0.432. The van der Waals surface area contributed by atoms with Gasteiger partial charge in [0.1, 0.15) is 17.8 Å². The number of ether oxygens (including phenoxy) is 3. The van der Waals surface area contributed by atoms with Crippen LogP contribution in [0.25, 0.3) is 5.65 Å². The minimum atomic E-state index is -0.626. The maximum absolute atomic E-state index is 12.1. The Labute approximate surface area is 148 Å². The van der Waals surface area contributed by atoms with E-state index in [0.29, 0.717) is 22.8 Å². The number of pyridine rings is 1. The van der Waals surface area contributed by atoms with Gasteiger partial charge in [-0.15, -0.1) is 10.2 Å². The van der Waals surface area contributed by atoms with Crippen LogP contribution in [-0.4, -0.2) is 47.3 Å². The lowest BCUT2D eigenvalue weighted by atomic mass is 10.2. The molecule has 0 unspecified atom stereocenters. The SMILES string of the molecule is COc1cc(NC(=O)COC(=O)c2ccc3nncn3c2)cc(OC)c1. The van der Waals surface area contributed by atoms with Crippen LogP contribution in [0.5, 0.6) is 11.5 Å². The fraction of sp³-hybridized carbons (Fsp3) is 0.176. The number of amides is 1. The largest absolute Gasteiger partial charge is 0.497 e. The van der Waals surface area contributed by atoms with Gasteiger partial charge >= 0.3 is 5.97 Å². The summed E-state index contributed by atoms with van der Waals surface area (Å²) in [7, 11) is 3.02. The van der Waals surface area contributed by atoms with E-state index in [2.05, 4.69) is 15.5 Å². The maximum Gasteiger partial charge on any atom is 0.340 e. The lowest BCUT2D eigenvalue weighted by molar-refractivity contribution is -0.119. The molecule has 1 N–H and O–H groups in total. The van der Waals surface area contributed by atoms with Crippen LogP contribution in [-0.2, 0) is 9.53 Å². The molecule has 3 rings (SSSR count). The van der Waals surface area contributed by atoms with Crippen molar-refractivity contribution in [3.05, 3.63) is 48.4 Å². The van der Waals surface area contributed by atoms with Gasteiger partial charge in [0.15, 0.2) is 12.3 Å². The molecule has 134 valence electrons. The van der Waals surface area contributed by atoms with E-state index in [1.165, 1.54) is 26.7 Å². The molecule has 0 fully saturated rings. The predicted octanol–water partition coefficient (Wildman–Crippen LogP) is 1.54. The van der Waals surface area contributed by atoms with Crippen LogP contribution in [0, 0.1) is 0 Å². The Morgan fingerprint density at radius 2 is 1.85 bits per heavy atom. The van der Waals surface area contributed by atoms with Crippen LogP contribution in [0.1, 0.15) is 10.4 Å². The second-order valence-electron chi connectivity index (χ2n) is 5.24. The zero-order valence-corrected chi connectivity index (χ0v) is 14.1. The first kappa shape index (κ1) is 17.2. The number of methoxy groups -OCH3 is 2. The van der Waals surface area contributed by atoms with Crippen molar-refractivity contribution in [2.45, 2.75) is 0 Å². The Morgan fingerprint density at radius 3 is 2.54 bits per heavy atom. The topological polar surface area (TPSA) is 104 Å². The molecule has 0 aliphatic rings. The highest BCUT2D eigenvalue weighted by Crippen LogP contribution is 2.25. The first-order valence-electron chi connectivity index (χ1n) is 7.58. The number of esters is 1. The molecule has 0 radical (unpaired) electrons. The van der Waals surface area contributed by atoms with Crippen LogP contribution in [0.4, 0.5) is 5.69 Å². The minimum absolute atomic E-state index is 0.285. The minimum Gasteiger partial charge on any atom is -0.497 e. The van der Waals surface area contributed by atoms with Crippen LogP contribution in [0.2, 0.25) is 0 Å². The molecule has 0 atom stereocenters. The highest BCUT2D eigenvalue weighted by molar-refractivity contribution is 5.95. The summed E-state index contributed by atoms with van der Waals surface area (Å²) >= 11 is 0. The lowest BCUT2D eigenvalue weighted by Gasteiger charge is -2.10. The van der Waals surface area contributed by atoms with E-state index in [9.17, 15) is 9.59 Å². The number of anilines is 1. The fourth-order valence-corrected chi connectivity index (χ4v) is 2.24. The van der Waals surface area contributed by atoms with Crippen molar-refractivity contribution >= 4 is 23.2 Å². The molecule has 26 heavy (non-hydrogen) atoms. The Morgan fingerprint density at radius 1 is 1.12 bits per heavy atom. The third-order valence-corrected chi connectivity index (χ3v) is 3.50. The Balaban J connectivity index is 1.60. The van der Waals surface area contributed by atoms with E-state index >= 15 is 0 Å². The molecule has 9 nitrogen and oxygen atoms in total. The summed E-state index contributed by atoms with van der Waals surface area (Å²) < 4.78 is 16.9. The molecule has 2 aromatic heterocycles. The molecule has 0 aliphatic heterocycles. The number of aromatic nitrogens is 3. The molecule has 0 saturated heterocycles. The van der Waals surface area contributed by atoms with E-state index in [1.54, 1.807) is 34.7 Å². The molecule has 0 aliphatic carbocycles. The van der Waals surface area contributed by atoms with Gasteiger partial charge in [-0.2, -0.15) is 0 Å². The van der Waals surface area contributed by atoms with Gasteiger partial charge in [0, 0.05) is 30.1 Å². The van der Waals surface area contributed by atoms with Gasteiger partial charge in [-0.1, -0.05) is 0 Å². The number of nitrogens with one attached hydrogen (secondary N) is 1. The fourth-order valence-electron chi connectivity index (χ4n) is 2.24. The molecule has 0 spiro atoms. The summed E-state index contributed by atoms with van der Waals surface area (Å²) in [5, 5.41) is 10.2. The van der Waals surface area contributed by atoms with Crippen LogP contribution in [0.15, 0.2) is 42.9 Å². The summed E-state index contributed by atoms with van der Waals surface area (Å²) in [5.74, 6) is -0.0595. The smallest absolute Gasteiger partial charge is 0.340 e. The number of nitrogens with zero attached hydrogens (tertiary/aromatic N) is 3. The van der Waals surface area contributed by atoms with Gasteiger partial charge < -0.3 is 19.5 Å². The number of fused-ring (bicyclic) bond motifs is 1. The highest BCUT2D eigenvalue weighted by atomic mass is 16.5. The Kier molecular flexibility index (Phi) is 4.97. The van der Waals surface area contributed by atoms with E-state index in [4.69, 9.17) is 14.2 Å². The molecule has 0 saturated carbocycles. The zero-order chi connectivity index (χ0) is 18.5. The predicted molar refractivity (Wildman–Crippen MR) is 91.4 cm³/mol. The zero-order valence-electron chi connectivity index (χ0n) is 14.1. The van der Waals surface area contributed by atoms with E-state index in [1.807, 2.05) is 0 Å². The number of benzene rings is 1. The first-order chi connectivity index (χ1) is 12.6.